The van der Waals surface area contributed by atoms with Crippen molar-refractivity contribution in [2.75, 3.05) is 33.2 Å². The molecule has 0 bridgehead atoms. The van der Waals surface area contributed by atoms with Crippen molar-refractivity contribution in [2.45, 2.75) is 11.4 Å². The molecule has 170 valence electrons. The number of likely N-dealkylation sites (N-methyl/N-ethyl adjacent to an activating group) is 1. The SMILES string of the molecule is CN1CCN(Cc2c(-c3ccccc3)n(S(=O)(=O)c3ccccc3)c3ccc(Cl)cc23)CC1. The van der Waals surface area contributed by atoms with Gasteiger partial charge in [0.15, 0.2) is 0 Å². The maximum Gasteiger partial charge on any atom is 0.268 e. The lowest BCUT2D eigenvalue weighted by atomic mass is 10.0. The topological polar surface area (TPSA) is 45.5 Å². The predicted octanol–water partition coefficient (Wildman–Crippen LogP) is 4.95. The van der Waals surface area contributed by atoms with Crippen LogP contribution < -0.4 is 0 Å². The summed E-state index contributed by atoms with van der Waals surface area (Å²) in [7, 11) is -1.71. The molecule has 1 aromatic heterocycles. The van der Waals surface area contributed by atoms with Gasteiger partial charge in [-0.25, -0.2) is 12.4 Å². The fourth-order valence-corrected chi connectivity index (χ4v) is 6.28. The highest BCUT2D eigenvalue weighted by Gasteiger charge is 2.29. The van der Waals surface area contributed by atoms with Crippen LogP contribution in [0.15, 0.2) is 83.8 Å². The van der Waals surface area contributed by atoms with Gasteiger partial charge in [0.1, 0.15) is 0 Å². The Hall–Kier alpha value is -2.64. The lowest BCUT2D eigenvalue weighted by Gasteiger charge is -2.32. The van der Waals surface area contributed by atoms with E-state index in [-0.39, 0.29) is 4.90 Å². The fourth-order valence-electron chi connectivity index (χ4n) is 4.52. The maximum atomic E-state index is 14.0. The molecule has 0 unspecified atom stereocenters. The number of fused-ring (bicyclic) bond motifs is 1. The van der Waals surface area contributed by atoms with Crippen molar-refractivity contribution >= 4 is 32.5 Å². The molecule has 3 aromatic carbocycles. The Balaban J connectivity index is 1.79. The van der Waals surface area contributed by atoms with Crippen molar-refractivity contribution in [1.29, 1.82) is 0 Å². The number of halogens is 1. The summed E-state index contributed by atoms with van der Waals surface area (Å²) in [5.74, 6) is 0. The molecule has 1 aliphatic heterocycles. The highest BCUT2D eigenvalue weighted by atomic mass is 35.5. The van der Waals surface area contributed by atoms with E-state index in [9.17, 15) is 8.42 Å². The largest absolute Gasteiger partial charge is 0.304 e. The Morgan fingerprint density at radius 3 is 2.15 bits per heavy atom. The first kappa shape index (κ1) is 22.2. The van der Waals surface area contributed by atoms with Crippen LogP contribution in [0.25, 0.3) is 22.2 Å². The molecule has 0 spiro atoms. The standard InChI is InChI=1S/C26H26ClN3O2S/c1-28-14-16-29(17-15-28)19-24-23-18-21(27)12-13-25(23)30(26(24)20-8-4-2-5-9-20)33(31,32)22-10-6-3-7-11-22/h2-13,18H,14-17,19H2,1H3. The summed E-state index contributed by atoms with van der Waals surface area (Å²) in [4.78, 5) is 4.97. The van der Waals surface area contributed by atoms with Crippen molar-refractivity contribution in [3.63, 3.8) is 0 Å². The Morgan fingerprint density at radius 1 is 0.848 bits per heavy atom. The van der Waals surface area contributed by atoms with E-state index in [1.165, 1.54) is 3.97 Å². The van der Waals surface area contributed by atoms with Gasteiger partial charge in [-0.05, 0) is 42.9 Å². The van der Waals surface area contributed by atoms with E-state index in [1.54, 1.807) is 30.3 Å². The van der Waals surface area contributed by atoms with Gasteiger partial charge in [-0.2, -0.15) is 0 Å². The van der Waals surface area contributed by atoms with Crippen molar-refractivity contribution in [3.8, 4) is 11.3 Å². The molecule has 33 heavy (non-hydrogen) atoms. The molecule has 0 saturated carbocycles. The number of hydrogen-bond donors (Lipinski definition) is 0. The molecule has 1 saturated heterocycles. The average molecular weight is 480 g/mol. The third-order valence-corrected chi connectivity index (χ3v) is 8.26. The van der Waals surface area contributed by atoms with E-state index in [1.807, 2.05) is 48.5 Å². The van der Waals surface area contributed by atoms with Gasteiger partial charge in [-0.1, -0.05) is 60.1 Å². The zero-order valence-corrected chi connectivity index (χ0v) is 20.1. The molecule has 0 aliphatic carbocycles. The monoisotopic (exact) mass is 479 g/mol. The molecule has 7 heteroatoms. The Morgan fingerprint density at radius 2 is 1.48 bits per heavy atom. The minimum atomic E-state index is -3.84. The van der Waals surface area contributed by atoms with Crippen LogP contribution in [0.4, 0.5) is 0 Å². The third kappa shape index (κ3) is 4.20. The van der Waals surface area contributed by atoms with Crippen molar-refractivity contribution in [2.24, 2.45) is 0 Å². The molecule has 0 N–H and O–H groups in total. The van der Waals surface area contributed by atoms with Crippen LogP contribution >= 0.6 is 11.6 Å². The van der Waals surface area contributed by atoms with Gasteiger partial charge in [0.2, 0.25) is 0 Å². The summed E-state index contributed by atoms with van der Waals surface area (Å²) >= 11 is 6.41. The van der Waals surface area contributed by atoms with Gasteiger partial charge >= 0.3 is 0 Å². The first-order chi connectivity index (χ1) is 15.9. The zero-order valence-electron chi connectivity index (χ0n) is 18.5. The highest BCUT2D eigenvalue weighted by Crippen LogP contribution is 2.38. The first-order valence-electron chi connectivity index (χ1n) is 11.0. The van der Waals surface area contributed by atoms with Gasteiger partial charge in [-0.3, -0.25) is 4.90 Å². The molecular weight excluding hydrogens is 454 g/mol. The Bertz CT molecular complexity index is 1380. The zero-order chi connectivity index (χ0) is 23.0. The number of nitrogens with zero attached hydrogens (tertiary/aromatic N) is 3. The second kappa shape index (κ2) is 8.95. The van der Waals surface area contributed by atoms with E-state index >= 15 is 0 Å². The van der Waals surface area contributed by atoms with Gasteiger partial charge in [-0.15, -0.1) is 0 Å². The smallest absolute Gasteiger partial charge is 0.268 e. The van der Waals surface area contributed by atoms with E-state index < -0.39 is 10.0 Å². The van der Waals surface area contributed by atoms with E-state index in [2.05, 4.69) is 16.8 Å². The molecule has 0 amide bonds. The predicted molar refractivity (Wildman–Crippen MR) is 134 cm³/mol. The lowest BCUT2D eigenvalue weighted by molar-refractivity contribution is 0.148. The highest BCUT2D eigenvalue weighted by molar-refractivity contribution is 7.90. The van der Waals surface area contributed by atoms with E-state index in [0.29, 0.717) is 22.8 Å². The van der Waals surface area contributed by atoms with Crippen molar-refractivity contribution in [1.82, 2.24) is 13.8 Å². The normalized spacial score (nSPS) is 15.8. The molecule has 5 rings (SSSR count). The number of hydrogen-bond acceptors (Lipinski definition) is 4. The summed E-state index contributed by atoms with van der Waals surface area (Å²) in [6, 6.07) is 23.9. The number of aromatic nitrogens is 1. The van der Waals surface area contributed by atoms with Crippen molar-refractivity contribution < 1.29 is 8.42 Å². The van der Waals surface area contributed by atoms with Gasteiger partial charge < -0.3 is 4.90 Å². The Kier molecular flexibility index (Phi) is 6.01. The van der Waals surface area contributed by atoms with Gasteiger partial charge in [0.25, 0.3) is 10.0 Å². The minimum absolute atomic E-state index is 0.264. The van der Waals surface area contributed by atoms with Crippen LogP contribution in [-0.2, 0) is 16.6 Å². The number of piperazine rings is 1. The lowest BCUT2D eigenvalue weighted by Crippen LogP contribution is -2.43. The molecule has 0 atom stereocenters. The van der Waals surface area contributed by atoms with Crippen LogP contribution in [0, 0.1) is 0 Å². The van der Waals surface area contributed by atoms with E-state index in [4.69, 9.17) is 11.6 Å². The van der Waals surface area contributed by atoms with Crippen LogP contribution in [0.3, 0.4) is 0 Å². The van der Waals surface area contributed by atoms with Crippen molar-refractivity contribution in [3.05, 3.63) is 89.4 Å². The summed E-state index contributed by atoms with van der Waals surface area (Å²) in [6.07, 6.45) is 0. The third-order valence-electron chi connectivity index (χ3n) is 6.30. The number of benzene rings is 3. The van der Waals surface area contributed by atoms with E-state index in [0.717, 1.165) is 42.7 Å². The molecule has 1 aliphatic rings. The molecular formula is C26H26ClN3O2S. The second-order valence-corrected chi connectivity index (χ2v) is 10.7. The second-order valence-electron chi connectivity index (χ2n) is 8.52. The van der Waals surface area contributed by atoms with Gasteiger partial charge in [0.05, 0.1) is 16.1 Å². The quantitative estimate of drug-likeness (QED) is 0.406. The first-order valence-corrected chi connectivity index (χ1v) is 12.9. The summed E-state index contributed by atoms with van der Waals surface area (Å²) in [6.45, 7) is 4.50. The Labute approximate surface area is 199 Å². The minimum Gasteiger partial charge on any atom is -0.304 e. The van der Waals surface area contributed by atoms with Crippen LogP contribution in [-0.4, -0.2) is 55.4 Å². The maximum absolute atomic E-state index is 14.0. The van der Waals surface area contributed by atoms with Crippen LogP contribution in [0.2, 0.25) is 5.02 Å². The fraction of sp³-hybridized carbons (Fsp3) is 0.231. The molecule has 5 nitrogen and oxygen atoms in total. The van der Waals surface area contributed by atoms with Gasteiger partial charge in [0, 0.05) is 48.7 Å². The molecule has 2 heterocycles. The summed E-state index contributed by atoms with van der Waals surface area (Å²) < 4.78 is 29.5. The summed E-state index contributed by atoms with van der Waals surface area (Å²) in [5.41, 5.74) is 3.21. The summed E-state index contributed by atoms with van der Waals surface area (Å²) in [5, 5.41) is 1.47. The molecule has 0 radical (unpaired) electrons. The molecule has 1 fully saturated rings. The molecule has 4 aromatic rings. The van der Waals surface area contributed by atoms with Crippen LogP contribution in [0.5, 0.6) is 0 Å². The van der Waals surface area contributed by atoms with Crippen LogP contribution in [0.1, 0.15) is 5.56 Å². The number of rotatable bonds is 5. The average Bonchev–Trinajstić information content (AvgIpc) is 3.15.